The van der Waals surface area contributed by atoms with Gasteiger partial charge in [0.2, 0.25) is 0 Å². The van der Waals surface area contributed by atoms with E-state index in [1.54, 1.807) is 0 Å². The van der Waals surface area contributed by atoms with Gasteiger partial charge in [0.15, 0.2) is 5.65 Å². The highest BCUT2D eigenvalue weighted by atomic mass is 15.1. The van der Waals surface area contributed by atoms with E-state index < -0.39 is 0 Å². The van der Waals surface area contributed by atoms with E-state index in [-0.39, 0.29) is 5.41 Å². The molecule has 0 radical (unpaired) electrons. The zero-order valence-electron chi connectivity index (χ0n) is 13.1. The van der Waals surface area contributed by atoms with Gasteiger partial charge in [-0.15, -0.1) is 0 Å². The molecule has 0 atom stereocenters. The van der Waals surface area contributed by atoms with E-state index in [0.717, 1.165) is 23.5 Å². The number of pyridine rings is 1. The molecule has 0 saturated carbocycles. The smallest absolute Gasteiger partial charge is 0.160 e. The molecule has 0 amide bonds. The van der Waals surface area contributed by atoms with Crippen molar-refractivity contribution in [2.24, 2.45) is 0 Å². The zero-order valence-corrected chi connectivity index (χ0v) is 13.1. The minimum absolute atomic E-state index is 0.00853. The summed E-state index contributed by atoms with van der Waals surface area (Å²) in [6.07, 6.45) is 1.84. The predicted octanol–water partition coefficient (Wildman–Crippen LogP) is 4.09. The van der Waals surface area contributed by atoms with Crippen LogP contribution in [0.2, 0.25) is 0 Å². The molecule has 21 heavy (non-hydrogen) atoms. The van der Waals surface area contributed by atoms with Crippen molar-refractivity contribution in [2.75, 3.05) is 0 Å². The van der Waals surface area contributed by atoms with Crippen LogP contribution in [0.25, 0.3) is 11.2 Å². The van der Waals surface area contributed by atoms with Crippen LogP contribution in [-0.4, -0.2) is 14.5 Å². The van der Waals surface area contributed by atoms with Gasteiger partial charge in [-0.05, 0) is 24.6 Å². The molecular formula is C18H21N3. The van der Waals surface area contributed by atoms with E-state index in [2.05, 4.69) is 61.5 Å². The molecular weight excluding hydrogens is 258 g/mol. The number of hydrogen-bond donors (Lipinski definition) is 0. The van der Waals surface area contributed by atoms with Crippen LogP contribution in [0.15, 0.2) is 42.6 Å². The summed E-state index contributed by atoms with van der Waals surface area (Å²) < 4.78 is 2.24. The van der Waals surface area contributed by atoms with Gasteiger partial charge in [-0.2, -0.15) is 0 Å². The maximum absolute atomic E-state index is 4.80. The number of aryl methyl sites for hydroxylation is 1. The van der Waals surface area contributed by atoms with Crippen molar-refractivity contribution in [3.8, 4) is 0 Å². The van der Waals surface area contributed by atoms with Crippen LogP contribution < -0.4 is 0 Å². The van der Waals surface area contributed by atoms with Crippen LogP contribution in [0.1, 0.15) is 37.7 Å². The van der Waals surface area contributed by atoms with Crippen LogP contribution >= 0.6 is 0 Å². The fourth-order valence-corrected chi connectivity index (χ4v) is 2.56. The average Bonchev–Trinajstić information content (AvgIpc) is 2.81. The second-order valence-electron chi connectivity index (χ2n) is 6.60. The van der Waals surface area contributed by atoms with E-state index in [4.69, 9.17) is 4.98 Å². The molecule has 0 aliphatic heterocycles. The molecule has 0 spiro atoms. The SMILES string of the molecule is Cc1ccc(Cn2c(C(C)(C)C)nc3cccnc32)cc1. The summed E-state index contributed by atoms with van der Waals surface area (Å²) in [5.74, 6) is 1.08. The van der Waals surface area contributed by atoms with Gasteiger partial charge in [0.1, 0.15) is 11.3 Å². The summed E-state index contributed by atoms with van der Waals surface area (Å²) in [7, 11) is 0. The molecule has 108 valence electrons. The first kappa shape index (κ1) is 13.8. The number of imidazole rings is 1. The maximum atomic E-state index is 4.80. The molecule has 3 rings (SSSR count). The third-order valence-corrected chi connectivity index (χ3v) is 3.64. The Morgan fingerprint density at radius 3 is 2.43 bits per heavy atom. The molecule has 2 heterocycles. The van der Waals surface area contributed by atoms with Crippen molar-refractivity contribution in [1.82, 2.24) is 14.5 Å². The third-order valence-electron chi connectivity index (χ3n) is 3.64. The van der Waals surface area contributed by atoms with Crippen molar-refractivity contribution in [2.45, 2.75) is 39.7 Å². The van der Waals surface area contributed by atoms with Crippen molar-refractivity contribution < 1.29 is 0 Å². The Kier molecular flexibility index (Phi) is 3.28. The van der Waals surface area contributed by atoms with Gasteiger partial charge in [-0.25, -0.2) is 9.97 Å². The van der Waals surface area contributed by atoms with Gasteiger partial charge in [-0.1, -0.05) is 50.6 Å². The molecule has 1 aromatic carbocycles. The molecule has 0 N–H and O–H groups in total. The highest BCUT2D eigenvalue weighted by molar-refractivity contribution is 5.71. The van der Waals surface area contributed by atoms with E-state index in [9.17, 15) is 0 Å². The van der Waals surface area contributed by atoms with Gasteiger partial charge in [0.05, 0.1) is 6.54 Å². The first-order valence-corrected chi connectivity index (χ1v) is 7.32. The van der Waals surface area contributed by atoms with Crippen LogP contribution in [0.5, 0.6) is 0 Å². The van der Waals surface area contributed by atoms with Crippen molar-refractivity contribution >= 4 is 11.2 Å². The number of hydrogen-bond acceptors (Lipinski definition) is 2. The normalized spacial score (nSPS) is 12.0. The van der Waals surface area contributed by atoms with E-state index in [1.165, 1.54) is 11.1 Å². The molecule has 3 heteroatoms. The molecule has 3 nitrogen and oxygen atoms in total. The average molecular weight is 279 g/mol. The molecule has 0 saturated heterocycles. The minimum Gasteiger partial charge on any atom is -0.308 e. The van der Waals surface area contributed by atoms with E-state index >= 15 is 0 Å². The Labute approximate surface area is 125 Å². The minimum atomic E-state index is -0.00853. The maximum Gasteiger partial charge on any atom is 0.160 e. The zero-order chi connectivity index (χ0) is 15.0. The highest BCUT2D eigenvalue weighted by Crippen LogP contribution is 2.26. The summed E-state index contributed by atoms with van der Waals surface area (Å²) >= 11 is 0. The molecule has 0 bridgehead atoms. The topological polar surface area (TPSA) is 30.7 Å². The van der Waals surface area contributed by atoms with Crippen molar-refractivity contribution in [3.05, 3.63) is 59.5 Å². The third kappa shape index (κ3) is 2.68. The Morgan fingerprint density at radius 1 is 1.05 bits per heavy atom. The fraction of sp³-hybridized carbons (Fsp3) is 0.333. The Morgan fingerprint density at radius 2 is 1.76 bits per heavy atom. The van der Waals surface area contributed by atoms with Crippen LogP contribution in [-0.2, 0) is 12.0 Å². The fourth-order valence-electron chi connectivity index (χ4n) is 2.56. The first-order valence-electron chi connectivity index (χ1n) is 7.32. The Bertz CT molecular complexity index is 761. The first-order chi connectivity index (χ1) is 9.95. The van der Waals surface area contributed by atoms with Crippen LogP contribution in [0, 0.1) is 6.92 Å². The molecule has 0 aliphatic carbocycles. The second kappa shape index (κ2) is 4.99. The van der Waals surface area contributed by atoms with Gasteiger partial charge < -0.3 is 4.57 Å². The largest absolute Gasteiger partial charge is 0.308 e. The standard InChI is InChI=1S/C18H21N3/c1-13-7-9-14(10-8-13)12-21-16-15(6-5-11-19-16)20-17(21)18(2,3)4/h5-11H,12H2,1-4H3. The van der Waals surface area contributed by atoms with Gasteiger partial charge in [0.25, 0.3) is 0 Å². The number of aromatic nitrogens is 3. The molecule has 0 fully saturated rings. The number of rotatable bonds is 2. The quantitative estimate of drug-likeness (QED) is 0.707. The van der Waals surface area contributed by atoms with E-state index in [1.807, 2.05) is 18.3 Å². The molecule has 0 aliphatic rings. The molecule has 2 aromatic heterocycles. The highest BCUT2D eigenvalue weighted by Gasteiger charge is 2.23. The lowest BCUT2D eigenvalue weighted by atomic mass is 9.95. The van der Waals surface area contributed by atoms with Gasteiger partial charge in [-0.3, -0.25) is 0 Å². The number of benzene rings is 1. The predicted molar refractivity (Wildman–Crippen MR) is 86.5 cm³/mol. The monoisotopic (exact) mass is 279 g/mol. The van der Waals surface area contributed by atoms with Gasteiger partial charge in [0, 0.05) is 11.6 Å². The lowest BCUT2D eigenvalue weighted by Crippen LogP contribution is -2.19. The summed E-state index contributed by atoms with van der Waals surface area (Å²) in [5, 5.41) is 0. The summed E-state index contributed by atoms with van der Waals surface area (Å²) in [6.45, 7) is 9.50. The van der Waals surface area contributed by atoms with E-state index in [0.29, 0.717) is 0 Å². The summed E-state index contributed by atoms with van der Waals surface area (Å²) in [4.78, 5) is 9.33. The van der Waals surface area contributed by atoms with Gasteiger partial charge >= 0.3 is 0 Å². The summed E-state index contributed by atoms with van der Waals surface area (Å²) in [6, 6.07) is 12.6. The van der Waals surface area contributed by atoms with Crippen molar-refractivity contribution in [1.29, 1.82) is 0 Å². The second-order valence-corrected chi connectivity index (χ2v) is 6.60. The van der Waals surface area contributed by atoms with Crippen LogP contribution in [0.4, 0.5) is 0 Å². The number of nitrogens with zero attached hydrogens (tertiary/aromatic N) is 3. The lowest BCUT2D eigenvalue weighted by Gasteiger charge is -2.20. The molecule has 0 unspecified atom stereocenters. The summed E-state index contributed by atoms with van der Waals surface area (Å²) in [5.41, 5.74) is 4.47. The Hall–Kier alpha value is -2.16. The molecule has 3 aromatic rings. The Balaban J connectivity index is 2.13. The van der Waals surface area contributed by atoms with Crippen molar-refractivity contribution in [3.63, 3.8) is 0 Å². The number of fused-ring (bicyclic) bond motifs is 1. The lowest BCUT2D eigenvalue weighted by molar-refractivity contribution is 0.515. The van der Waals surface area contributed by atoms with Crippen LogP contribution in [0.3, 0.4) is 0 Å².